The van der Waals surface area contributed by atoms with Crippen LogP contribution in [0.1, 0.15) is 45.4 Å². The van der Waals surface area contributed by atoms with E-state index in [1.807, 2.05) is 18.2 Å². The second kappa shape index (κ2) is 8.25. The van der Waals surface area contributed by atoms with Crippen molar-refractivity contribution < 1.29 is 25.2 Å². The molecular weight excluding hydrogens is 404 g/mol. The highest BCUT2D eigenvalue weighted by Gasteiger charge is 2.27. The average molecular weight is 426 g/mol. The van der Waals surface area contributed by atoms with E-state index in [2.05, 4.69) is 10.6 Å². The van der Waals surface area contributed by atoms with Gasteiger partial charge in [-0.05, 0) is 55.5 Å². The van der Waals surface area contributed by atoms with Crippen LogP contribution in [-0.2, 0) is 12.8 Å². The summed E-state index contributed by atoms with van der Waals surface area (Å²) in [5, 5.41) is 46.0. The summed E-state index contributed by atoms with van der Waals surface area (Å²) < 4.78 is 0. The molecule has 3 aromatic rings. The van der Waals surface area contributed by atoms with Crippen LogP contribution in [0.15, 0.2) is 42.5 Å². The van der Waals surface area contributed by atoms with E-state index < -0.39 is 23.5 Å². The van der Waals surface area contributed by atoms with Gasteiger partial charge in [0.15, 0.2) is 23.5 Å². The van der Waals surface area contributed by atoms with Crippen molar-refractivity contribution in [1.82, 2.24) is 0 Å². The van der Waals surface area contributed by atoms with Gasteiger partial charge >= 0.3 is 0 Å². The number of nitrogens with one attached hydrogen (secondary N) is 2. The van der Waals surface area contributed by atoms with Crippen LogP contribution in [0.5, 0.6) is 17.2 Å². The van der Waals surface area contributed by atoms with Crippen LogP contribution in [0.3, 0.4) is 0 Å². The summed E-state index contributed by atoms with van der Waals surface area (Å²) in [6.45, 7) is 0. The fourth-order valence-corrected chi connectivity index (χ4v) is 4.92. The molecule has 1 heterocycles. The van der Waals surface area contributed by atoms with Crippen molar-refractivity contribution in [3.8, 4) is 17.2 Å². The molecule has 1 atom stereocenters. The molecule has 0 aliphatic heterocycles. The van der Waals surface area contributed by atoms with E-state index in [1.54, 1.807) is 12.1 Å². The lowest BCUT2D eigenvalue weighted by molar-refractivity contribution is 0.102. The Kier molecular flexibility index (Phi) is 5.52. The molecule has 156 valence electrons. The van der Waals surface area contributed by atoms with E-state index in [9.17, 15) is 25.2 Å². The van der Waals surface area contributed by atoms with Crippen molar-refractivity contribution >= 4 is 27.9 Å². The number of anilines is 2. The average Bonchev–Trinajstić information content (AvgIpc) is 3.10. The summed E-state index contributed by atoms with van der Waals surface area (Å²) in [6, 6.07) is 11.5. The van der Waals surface area contributed by atoms with Gasteiger partial charge in [-0.2, -0.15) is 0 Å². The van der Waals surface area contributed by atoms with E-state index >= 15 is 0 Å². The van der Waals surface area contributed by atoms with Crippen molar-refractivity contribution in [1.29, 1.82) is 0 Å². The number of aromatic hydroxyl groups is 3. The van der Waals surface area contributed by atoms with Gasteiger partial charge in [0.2, 0.25) is 0 Å². The lowest BCUT2D eigenvalue weighted by Gasteiger charge is -2.17. The quantitative estimate of drug-likeness (QED) is 0.270. The van der Waals surface area contributed by atoms with E-state index in [0.29, 0.717) is 16.3 Å². The summed E-state index contributed by atoms with van der Waals surface area (Å²) in [5.41, 5.74) is 2.33. The molecule has 1 unspecified atom stereocenters. The SMILES string of the molecule is O=C(Nc1ccccc1)c1c(NC(O)c2cc(O)c(O)c(O)c2)sc2c1CCCC2. The Morgan fingerprint density at radius 1 is 1.00 bits per heavy atom. The van der Waals surface area contributed by atoms with Gasteiger partial charge < -0.3 is 31.1 Å². The lowest BCUT2D eigenvalue weighted by atomic mass is 9.95. The fraction of sp³-hybridized carbons (Fsp3) is 0.227. The topological polar surface area (TPSA) is 122 Å². The highest BCUT2D eigenvalue weighted by molar-refractivity contribution is 7.16. The van der Waals surface area contributed by atoms with Gasteiger partial charge in [-0.25, -0.2) is 0 Å². The van der Waals surface area contributed by atoms with Gasteiger partial charge in [0, 0.05) is 16.1 Å². The molecule has 7 nitrogen and oxygen atoms in total. The Bertz CT molecular complexity index is 1060. The Balaban J connectivity index is 1.66. The van der Waals surface area contributed by atoms with Crippen LogP contribution >= 0.6 is 11.3 Å². The number of hydrogen-bond donors (Lipinski definition) is 6. The number of fused-ring (bicyclic) bond motifs is 1. The molecule has 1 aliphatic rings. The van der Waals surface area contributed by atoms with Crippen LogP contribution in [0.4, 0.5) is 10.7 Å². The molecule has 1 aromatic heterocycles. The maximum absolute atomic E-state index is 13.1. The van der Waals surface area contributed by atoms with Gasteiger partial charge in [-0.1, -0.05) is 18.2 Å². The Labute approximate surface area is 177 Å². The predicted molar refractivity (Wildman–Crippen MR) is 115 cm³/mol. The summed E-state index contributed by atoms with van der Waals surface area (Å²) in [4.78, 5) is 14.2. The number of hydrogen-bond acceptors (Lipinski definition) is 7. The maximum Gasteiger partial charge on any atom is 0.258 e. The van der Waals surface area contributed by atoms with Crippen molar-refractivity contribution in [2.24, 2.45) is 0 Å². The number of aliphatic hydroxyl groups is 1. The molecule has 0 radical (unpaired) electrons. The minimum absolute atomic E-state index is 0.156. The zero-order valence-corrected chi connectivity index (χ0v) is 16.9. The van der Waals surface area contributed by atoms with Crippen LogP contribution < -0.4 is 10.6 Å². The summed E-state index contributed by atoms with van der Waals surface area (Å²) in [5.74, 6) is -2.00. The van der Waals surface area contributed by atoms with E-state index in [0.717, 1.165) is 48.3 Å². The monoisotopic (exact) mass is 426 g/mol. The van der Waals surface area contributed by atoms with Crippen molar-refractivity contribution in [3.05, 3.63) is 64.0 Å². The zero-order chi connectivity index (χ0) is 21.3. The number of amides is 1. The van der Waals surface area contributed by atoms with Crippen LogP contribution in [0.2, 0.25) is 0 Å². The van der Waals surface area contributed by atoms with E-state index in [-0.39, 0.29) is 11.5 Å². The van der Waals surface area contributed by atoms with E-state index in [1.165, 1.54) is 11.3 Å². The second-order valence-electron chi connectivity index (χ2n) is 7.19. The molecule has 1 amide bonds. The number of para-hydroxylation sites is 1. The number of aryl methyl sites for hydroxylation is 1. The number of carbonyl (C=O) groups is 1. The van der Waals surface area contributed by atoms with Gasteiger partial charge in [-0.3, -0.25) is 4.79 Å². The number of rotatable bonds is 5. The first-order valence-electron chi connectivity index (χ1n) is 9.64. The first kappa shape index (κ1) is 20.1. The molecule has 0 fully saturated rings. The summed E-state index contributed by atoms with van der Waals surface area (Å²) >= 11 is 1.43. The third-order valence-corrected chi connectivity index (χ3v) is 6.33. The molecule has 0 saturated heterocycles. The molecule has 6 N–H and O–H groups in total. The molecule has 8 heteroatoms. The fourth-order valence-electron chi connectivity index (χ4n) is 3.61. The highest BCUT2D eigenvalue weighted by atomic mass is 32.1. The van der Waals surface area contributed by atoms with Gasteiger partial charge in [-0.15, -0.1) is 11.3 Å². The minimum atomic E-state index is -1.30. The Morgan fingerprint density at radius 2 is 1.67 bits per heavy atom. The third-order valence-electron chi connectivity index (χ3n) is 5.11. The standard InChI is InChI=1S/C22H22N2O5S/c25-15-10-12(11-16(26)19(15)27)20(28)24-22-18(14-8-4-5-9-17(14)30-22)21(29)23-13-6-2-1-3-7-13/h1-3,6-7,10-11,20,24-28H,4-5,8-9H2,(H,23,29). The molecule has 1 aliphatic carbocycles. The van der Waals surface area contributed by atoms with Crippen molar-refractivity contribution in [2.45, 2.75) is 31.9 Å². The van der Waals surface area contributed by atoms with E-state index in [4.69, 9.17) is 0 Å². The Hall–Kier alpha value is -3.23. The number of thiophene rings is 1. The number of phenolic OH excluding ortho intramolecular Hbond substituents is 3. The predicted octanol–water partition coefficient (Wildman–Crippen LogP) is 4.10. The van der Waals surface area contributed by atoms with Crippen molar-refractivity contribution in [3.63, 3.8) is 0 Å². The highest BCUT2D eigenvalue weighted by Crippen LogP contribution is 2.41. The summed E-state index contributed by atoms with van der Waals surface area (Å²) in [7, 11) is 0. The molecule has 30 heavy (non-hydrogen) atoms. The van der Waals surface area contributed by atoms with Crippen LogP contribution in [0.25, 0.3) is 0 Å². The van der Waals surface area contributed by atoms with Crippen LogP contribution in [-0.4, -0.2) is 26.3 Å². The second-order valence-corrected chi connectivity index (χ2v) is 8.29. The van der Waals surface area contributed by atoms with Crippen LogP contribution in [0, 0.1) is 0 Å². The smallest absolute Gasteiger partial charge is 0.258 e. The molecule has 0 saturated carbocycles. The molecule has 2 aromatic carbocycles. The number of phenols is 3. The lowest BCUT2D eigenvalue weighted by Crippen LogP contribution is -2.17. The van der Waals surface area contributed by atoms with Gasteiger partial charge in [0.1, 0.15) is 5.00 Å². The maximum atomic E-state index is 13.1. The van der Waals surface area contributed by atoms with Gasteiger partial charge in [0.05, 0.1) is 5.56 Å². The Morgan fingerprint density at radius 3 is 2.37 bits per heavy atom. The number of aliphatic hydroxyl groups excluding tert-OH is 1. The number of carbonyl (C=O) groups excluding carboxylic acids is 1. The number of benzene rings is 2. The van der Waals surface area contributed by atoms with Crippen molar-refractivity contribution in [2.75, 3.05) is 10.6 Å². The normalized spacial score (nSPS) is 14.0. The molecule has 4 rings (SSSR count). The molecular formula is C22H22N2O5S. The van der Waals surface area contributed by atoms with Gasteiger partial charge in [0.25, 0.3) is 5.91 Å². The first-order valence-corrected chi connectivity index (χ1v) is 10.5. The largest absolute Gasteiger partial charge is 0.504 e. The first-order chi connectivity index (χ1) is 14.4. The third kappa shape index (κ3) is 3.92. The zero-order valence-electron chi connectivity index (χ0n) is 16.1. The minimum Gasteiger partial charge on any atom is -0.504 e. The molecule has 0 spiro atoms. The molecule has 0 bridgehead atoms. The summed E-state index contributed by atoms with van der Waals surface area (Å²) in [6.07, 6.45) is 2.42.